The lowest BCUT2D eigenvalue weighted by Crippen LogP contribution is -2.13. The third-order valence-electron chi connectivity index (χ3n) is 4.03. The number of aliphatic hydroxyl groups excluding tert-OH is 1. The van der Waals surface area contributed by atoms with Gasteiger partial charge in [0, 0.05) is 25.8 Å². The first-order chi connectivity index (χ1) is 13.6. The largest absolute Gasteiger partial charge is 0.487 e. The number of hydrogen-bond donors (Lipinski definition) is 3. The Morgan fingerprint density at radius 3 is 2.46 bits per heavy atom. The van der Waals surface area contributed by atoms with E-state index in [2.05, 4.69) is 26.7 Å². The molecule has 0 aliphatic heterocycles. The number of aromatic nitrogens is 2. The van der Waals surface area contributed by atoms with Crippen LogP contribution in [0.25, 0.3) is 0 Å². The molecule has 3 N–H and O–H groups in total. The molecule has 0 spiro atoms. The van der Waals surface area contributed by atoms with E-state index in [1.54, 1.807) is 0 Å². The zero-order chi connectivity index (χ0) is 19.9. The molecule has 1 heterocycles. The van der Waals surface area contributed by atoms with Crippen LogP contribution in [0.2, 0.25) is 0 Å². The van der Waals surface area contributed by atoms with E-state index in [-0.39, 0.29) is 13.2 Å². The normalized spacial score (nSPS) is 10.4. The molecule has 0 saturated carbocycles. The van der Waals surface area contributed by atoms with Gasteiger partial charge in [-0.3, -0.25) is 0 Å². The van der Waals surface area contributed by atoms with Crippen LogP contribution in [0.3, 0.4) is 0 Å². The molecule has 3 aromatic rings. The first-order valence-corrected chi connectivity index (χ1v) is 9.03. The van der Waals surface area contributed by atoms with Crippen molar-refractivity contribution in [3.05, 3.63) is 60.4 Å². The van der Waals surface area contributed by atoms with Gasteiger partial charge in [0.05, 0.1) is 18.0 Å². The summed E-state index contributed by atoms with van der Waals surface area (Å²) in [5.41, 5.74) is 3.81. The second-order valence-electron chi connectivity index (χ2n) is 6.53. The van der Waals surface area contributed by atoms with Gasteiger partial charge >= 0.3 is 0 Å². The minimum Gasteiger partial charge on any atom is -0.487 e. The van der Waals surface area contributed by atoms with Crippen molar-refractivity contribution in [1.82, 2.24) is 9.97 Å². The number of nitrogens with zero attached hydrogens (tertiary/aromatic N) is 3. The lowest BCUT2D eigenvalue weighted by atomic mass is 10.2. The molecule has 0 radical (unpaired) electrons. The predicted octanol–water partition coefficient (Wildman–Crippen LogP) is 3.71. The van der Waals surface area contributed by atoms with Gasteiger partial charge in [-0.25, -0.2) is 9.97 Å². The summed E-state index contributed by atoms with van der Waals surface area (Å²) >= 11 is 0. The van der Waals surface area contributed by atoms with E-state index in [1.165, 1.54) is 11.9 Å². The summed E-state index contributed by atoms with van der Waals surface area (Å²) < 4.78 is 5.78. The zero-order valence-corrected chi connectivity index (χ0v) is 16.3. The van der Waals surface area contributed by atoms with Crippen molar-refractivity contribution in [1.29, 1.82) is 0 Å². The molecular weight excluding hydrogens is 354 g/mol. The predicted molar refractivity (Wildman–Crippen MR) is 113 cm³/mol. The molecule has 0 bridgehead atoms. The third-order valence-corrected chi connectivity index (χ3v) is 4.03. The number of rotatable bonds is 8. The summed E-state index contributed by atoms with van der Waals surface area (Å²) in [6, 6.07) is 15.7. The Morgan fingerprint density at radius 2 is 1.75 bits per heavy atom. The standard InChI is InChI=1S/C21H25N5O2/c1-15-6-4-7-16(12-15)24-19-13-20(23-14-22-19)25-17-8-5-9-18(26(2)3)21(17)28-11-10-27/h4-9,12-14,27H,10-11H2,1-3H3,(H2,22,23,24,25). The lowest BCUT2D eigenvalue weighted by molar-refractivity contribution is 0.202. The van der Waals surface area contributed by atoms with E-state index in [9.17, 15) is 0 Å². The molecule has 3 rings (SSSR count). The molecule has 0 aliphatic rings. The van der Waals surface area contributed by atoms with E-state index in [0.717, 1.165) is 17.1 Å². The Bertz CT molecular complexity index is 930. The van der Waals surface area contributed by atoms with Crippen LogP contribution >= 0.6 is 0 Å². The van der Waals surface area contributed by atoms with Gasteiger partial charge in [0.2, 0.25) is 0 Å². The first-order valence-electron chi connectivity index (χ1n) is 9.03. The fourth-order valence-corrected chi connectivity index (χ4v) is 2.78. The number of aryl methyl sites for hydroxylation is 1. The molecule has 28 heavy (non-hydrogen) atoms. The lowest BCUT2D eigenvalue weighted by Gasteiger charge is -2.21. The van der Waals surface area contributed by atoms with Crippen molar-refractivity contribution in [3.8, 4) is 5.75 Å². The number of aliphatic hydroxyl groups is 1. The van der Waals surface area contributed by atoms with Gasteiger partial charge in [0.25, 0.3) is 0 Å². The van der Waals surface area contributed by atoms with Gasteiger partial charge in [0.15, 0.2) is 5.75 Å². The van der Waals surface area contributed by atoms with E-state index in [4.69, 9.17) is 9.84 Å². The average molecular weight is 379 g/mol. The quantitative estimate of drug-likeness (QED) is 0.550. The van der Waals surface area contributed by atoms with Gasteiger partial charge in [-0.1, -0.05) is 18.2 Å². The summed E-state index contributed by atoms with van der Waals surface area (Å²) in [6.07, 6.45) is 1.50. The van der Waals surface area contributed by atoms with Crippen LogP contribution in [0.5, 0.6) is 5.75 Å². The second kappa shape index (κ2) is 9.05. The Hall–Kier alpha value is -3.32. The van der Waals surface area contributed by atoms with Crippen LogP contribution in [0.1, 0.15) is 5.56 Å². The number of para-hydroxylation sites is 1. The second-order valence-corrected chi connectivity index (χ2v) is 6.53. The molecule has 7 nitrogen and oxygen atoms in total. The van der Waals surface area contributed by atoms with E-state index in [1.807, 2.05) is 68.4 Å². The third kappa shape index (κ3) is 4.89. The number of ether oxygens (including phenoxy) is 1. The average Bonchev–Trinajstić information content (AvgIpc) is 2.67. The van der Waals surface area contributed by atoms with Gasteiger partial charge in [-0.2, -0.15) is 0 Å². The molecule has 1 aromatic heterocycles. The fourth-order valence-electron chi connectivity index (χ4n) is 2.78. The Balaban J connectivity index is 1.84. The van der Waals surface area contributed by atoms with E-state index in [0.29, 0.717) is 17.4 Å². The van der Waals surface area contributed by atoms with Crippen LogP contribution in [0.15, 0.2) is 54.9 Å². The first kappa shape index (κ1) is 19.4. The summed E-state index contributed by atoms with van der Waals surface area (Å²) in [5, 5.41) is 15.7. The van der Waals surface area contributed by atoms with E-state index >= 15 is 0 Å². The molecule has 2 aromatic carbocycles. The van der Waals surface area contributed by atoms with Crippen LogP contribution in [0.4, 0.5) is 28.7 Å². The van der Waals surface area contributed by atoms with Crippen LogP contribution in [-0.4, -0.2) is 42.4 Å². The summed E-state index contributed by atoms with van der Waals surface area (Å²) in [6.45, 7) is 2.20. The van der Waals surface area contributed by atoms with Crippen molar-refractivity contribution in [2.45, 2.75) is 6.92 Å². The van der Waals surface area contributed by atoms with E-state index < -0.39 is 0 Å². The Morgan fingerprint density at radius 1 is 1.00 bits per heavy atom. The van der Waals surface area contributed by atoms with Crippen molar-refractivity contribution < 1.29 is 9.84 Å². The molecule has 7 heteroatoms. The maximum absolute atomic E-state index is 9.15. The minimum atomic E-state index is -0.0563. The molecule has 0 unspecified atom stereocenters. The van der Waals surface area contributed by atoms with Gasteiger partial charge in [-0.15, -0.1) is 0 Å². The number of anilines is 5. The Kier molecular flexibility index (Phi) is 6.29. The molecule has 0 aliphatic carbocycles. The van der Waals surface area contributed by atoms with Crippen LogP contribution in [0, 0.1) is 6.92 Å². The topological polar surface area (TPSA) is 82.5 Å². The fraction of sp³-hybridized carbons (Fsp3) is 0.238. The highest BCUT2D eigenvalue weighted by Gasteiger charge is 2.13. The molecule has 0 saturated heterocycles. The smallest absolute Gasteiger partial charge is 0.166 e. The summed E-state index contributed by atoms with van der Waals surface area (Å²) in [4.78, 5) is 10.6. The highest BCUT2D eigenvalue weighted by molar-refractivity contribution is 5.75. The van der Waals surface area contributed by atoms with Crippen molar-refractivity contribution in [3.63, 3.8) is 0 Å². The highest BCUT2D eigenvalue weighted by atomic mass is 16.5. The Labute approximate surface area is 165 Å². The summed E-state index contributed by atoms with van der Waals surface area (Å²) in [7, 11) is 3.89. The number of benzene rings is 2. The van der Waals surface area contributed by atoms with Crippen molar-refractivity contribution in [2.75, 3.05) is 42.8 Å². The zero-order valence-electron chi connectivity index (χ0n) is 16.3. The highest BCUT2D eigenvalue weighted by Crippen LogP contribution is 2.36. The van der Waals surface area contributed by atoms with Gasteiger partial charge < -0.3 is 25.4 Å². The van der Waals surface area contributed by atoms with Crippen LogP contribution < -0.4 is 20.3 Å². The van der Waals surface area contributed by atoms with Gasteiger partial charge in [-0.05, 0) is 36.8 Å². The molecule has 0 fully saturated rings. The maximum atomic E-state index is 9.15. The monoisotopic (exact) mass is 379 g/mol. The molecular formula is C21H25N5O2. The molecule has 0 atom stereocenters. The molecule has 146 valence electrons. The molecule has 0 amide bonds. The van der Waals surface area contributed by atoms with Crippen molar-refractivity contribution in [2.24, 2.45) is 0 Å². The summed E-state index contributed by atoms with van der Waals surface area (Å²) in [5.74, 6) is 1.98. The number of nitrogens with one attached hydrogen (secondary N) is 2. The number of hydrogen-bond acceptors (Lipinski definition) is 7. The SMILES string of the molecule is Cc1cccc(Nc2cc(Nc3cccc(N(C)C)c3OCCO)ncn2)c1. The van der Waals surface area contributed by atoms with Crippen molar-refractivity contribution >= 4 is 28.7 Å². The minimum absolute atomic E-state index is 0.0563. The van der Waals surface area contributed by atoms with Gasteiger partial charge in [0.1, 0.15) is 24.6 Å². The van der Waals surface area contributed by atoms with Crippen LogP contribution in [-0.2, 0) is 0 Å². The maximum Gasteiger partial charge on any atom is 0.166 e.